The van der Waals surface area contributed by atoms with E-state index in [0.29, 0.717) is 9.79 Å². The molecule has 0 saturated heterocycles. The molecule has 5 aromatic rings. The predicted octanol–water partition coefficient (Wildman–Crippen LogP) is 5.30. The van der Waals surface area contributed by atoms with Crippen molar-refractivity contribution in [1.82, 2.24) is 4.57 Å². The van der Waals surface area contributed by atoms with Gasteiger partial charge in [0.1, 0.15) is 0 Å². The molecule has 6 rings (SSSR count). The highest BCUT2D eigenvalue weighted by Crippen LogP contribution is 2.49. The molecule has 0 atom stereocenters. The number of benzene rings is 4. The van der Waals surface area contributed by atoms with E-state index in [-0.39, 0.29) is 0 Å². The van der Waals surface area contributed by atoms with Gasteiger partial charge in [0.25, 0.3) is 0 Å². The van der Waals surface area contributed by atoms with Crippen molar-refractivity contribution in [3.05, 3.63) is 72.8 Å². The number of aromatic nitrogens is 1. The van der Waals surface area contributed by atoms with Gasteiger partial charge in [0, 0.05) is 40.0 Å². The average Bonchev–Trinajstić information content (AvgIpc) is 3.10. The van der Waals surface area contributed by atoms with Gasteiger partial charge < -0.3 is 4.57 Å². The lowest BCUT2D eigenvalue weighted by molar-refractivity contribution is 0.599. The first-order chi connectivity index (χ1) is 13.1. The molecule has 0 bridgehead atoms. The predicted molar refractivity (Wildman–Crippen MR) is 109 cm³/mol. The lowest BCUT2D eigenvalue weighted by Crippen LogP contribution is -1.96. The van der Waals surface area contributed by atoms with Gasteiger partial charge in [-0.1, -0.05) is 42.5 Å². The van der Waals surface area contributed by atoms with E-state index in [2.05, 4.69) is 28.8 Å². The fourth-order valence-electron chi connectivity index (χ4n) is 4.48. The van der Waals surface area contributed by atoms with Crippen molar-refractivity contribution in [1.29, 1.82) is 0 Å². The summed E-state index contributed by atoms with van der Waals surface area (Å²) in [7, 11) is -1.42. The first kappa shape index (κ1) is 15.0. The molecule has 2 heterocycles. The Morgan fingerprint density at radius 3 is 2.26 bits per heavy atom. The fraction of sp³-hybridized carbons (Fsp3) is 0.0435. The van der Waals surface area contributed by atoms with Crippen LogP contribution in [-0.4, -0.2) is 13.0 Å². The Morgan fingerprint density at radius 2 is 1.44 bits per heavy atom. The highest BCUT2D eigenvalue weighted by molar-refractivity contribution is 7.92. The molecule has 4 heteroatoms. The summed E-state index contributed by atoms with van der Waals surface area (Å²) in [6.45, 7) is 0. The van der Waals surface area contributed by atoms with Crippen LogP contribution in [0.15, 0.2) is 82.6 Å². The number of aryl methyl sites for hydroxylation is 1. The SMILES string of the molecule is Cn1c2cc3ccccc3cc2c2c3c(ccc21)S(=O)(=O)c1ccccc1-3. The first-order valence-electron chi connectivity index (χ1n) is 8.86. The summed E-state index contributed by atoms with van der Waals surface area (Å²) in [5.74, 6) is 0. The van der Waals surface area contributed by atoms with Crippen molar-refractivity contribution < 1.29 is 8.42 Å². The van der Waals surface area contributed by atoms with E-state index in [1.54, 1.807) is 18.2 Å². The molecular weight excluding hydrogens is 354 g/mol. The smallest absolute Gasteiger partial charge is 0.207 e. The average molecular weight is 369 g/mol. The van der Waals surface area contributed by atoms with E-state index < -0.39 is 9.84 Å². The summed E-state index contributed by atoms with van der Waals surface area (Å²) in [6.07, 6.45) is 0. The minimum Gasteiger partial charge on any atom is -0.344 e. The zero-order valence-electron chi connectivity index (χ0n) is 14.6. The number of hydrogen-bond donors (Lipinski definition) is 0. The third kappa shape index (κ3) is 1.73. The molecular formula is C23H15NO2S. The summed E-state index contributed by atoms with van der Waals surface area (Å²) < 4.78 is 28.3. The third-order valence-corrected chi connectivity index (χ3v) is 7.59. The highest BCUT2D eigenvalue weighted by Gasteiger charge is 2.35. The van der Waals surface area contributed by atoms with Crippen LogP contribution in [0.2, 0.25) is 0 Å². The maximum atomic E-state index is 13.1. The molecule has 0 unspecified atom stereocenters. The normalized spacial score (nSPS) is 14.7. The molecule has 0 aliphatic carbocycles. The second kappa shape index (κ2) is 4.78. The molecule has 0 fully saturated rings. The molecule has 3 nitrogen and oxygen atoms in total. The second-order valence-corrected chi connectivity index (χ2v) is 8.99. The van der Waals surface area contributed by atoms with Crippen molar-refractivity contribution in [2.45, 2.75) is 9.79 Å². The summed E-state index contributed by atoms with van der Waals surface area (Å²) >= 11 is 0. The third-order valence-electron chi connectivity index (χ3n) is 5.74. The lowest BCUT2D eigenvalue weighted by Gasteiger charge is -2.03. The number of sulfone groups is 1. The van der Waals surface area contributed by atoms with Gasteiger partial charge >= 0.3 is 0 Å². The summed E-state index contributed by atoms with van der Waals surface area (Å²) in [5.41, 5.74) is 3.80. The van der Waals surface area contributed by atoms with Gasteiger partial charge in [-0.2, -0.15) is 0 Å². The van der Waals surface area contributed by atoms with E-state index in [9.17, 15) is 8.42 Å². The van der Waals surface area contributed by atoms with Gasteiger partial charge in [-0.25, -0.2) is 8.42 Å². The molecule has 0 radical (unpaired) electrons. The van der Waals surface area contributed by atoms with Crippen LogP contribution in [0.4, 0.5) is 0 Å². The van der Waals surface area contributed by atoms with Crippen molar-refractivity contribution in [2.24, 2.45) is 7.05 Å². The molecule has 0 spiro atoms. The Balaban J connectivity index is 1.91. The molecule has 1 aliphatic heterocycles. The second-order valence-electron chi connectivity index (χ2n) is 7.11. The summed E-state index contributed by atoms with van der Waals surface area (Å²) in [4.78, 5) is 0.821. The first-order valence-corrected chi connectivity index (χ1v) is 10.3. The van der Waals surface area contributed by atoms with E-state index in [1.165, 1.54) is 5.39 Å². The molecule has 0 saturated carbocycles. The van der Waals surface area contributed by atoms with Crippen LogP contribution in [0.3, 0.4) is 0 Å². The molecule has 0 amide bonds. The minimum absolute atomic E-state index is 0.408. The number of fused-ring (bicyclic) bond motifs is 8. The van der Waals surface area contributed by atoms with Gasteiger partial charge in [-0.15, -0.1) is 0 Å². The molecule has 27 heavy (non-hydrogen) atoms. The van der Waals surface area contributed by atoms with Crippen molar-refractivity contribution in [3.8, 4) is 11.1 Å². The van der Waals surface area contributed by atoms with Crippen LogP contribution < -0.4 is 0 Å². The zero-order chi connectivity index (χ0) is 18.3. The Labute approximate surface area is 156 Å². The lowest BCUT2D eigenvalue weighted by atomic mass is 9.98. The number of hydrogen-bond acceptors (Lipinski definition) is 2. The van der Waals surface area contributed by atoms with E-state index in [0.717, 1.165) is 38.3 Å². The Hall–Kier alpha value is -3.11. The quantitative estimate of drug-likeness (QED) is 0.364. The van der Waals surface area contributed by atoms with Gasteiger partial charge in [0.2, 0.25) is 9.84 Å². The van der Waals surface area contributed by atoms with Crippen LogP contribution in [0.1, 0.15) is 0 Å². The van der Waals surface area contributed by atoms with Crippen molar-refractivity contribution in [2.75, 3.05) is 0 Å². The van der Waals surface area contributed by atoms with E-state index >= 15 is 0 Å². The van der Waals surface area contributed by atoms with Crippen molar-refractivity contribution >= 4 is 42.4 Å². The monoisotopic (exact) mass is 369 g/mol. The zero-order valence-corrected chi connectivity index (χ0v) is 15.4. The standard InChI is InChI=1S/C23H15NO2S/c1-24-18-10-11-21-23(16-8-4-5-9-20(16)27(21,25)26)22(18)17-12-14-6-2-3-7-15(14)13-19(17)24/h2-13H,1H3. The highest BCUT2D eigenvalue weighted by atomic mass is 32.2. The Bertz CT molecular complexity index is 1540. The van der Waals surface area contributed by atoms with Crippen LogP contribution in [0.5, 0.6) is 0 Å². The summed E-state index contributed by atoms with van der Waals surface area (Å²) in [6, 6.07) is 23.6. The molecule has 0 N–H and O–H groups in total. The Morgan fingerprint density at radius 1 is 0.741 bits per heavy atom. The largest absolute Gasteiger partial charge is 0.344 e. The molecule has 4 aromatic carbocycles. The van der Waals surface area contributed by atoms with E-state index in [1.807, 2.05) is 37.4 Å². The molecule has 1 aromatic heterocycles. The number of rotatable bonds is 0. The van der Waals surface area contributed by atoms with Crippen LogP contribution >= 0.6 is 0 Å². The molecule has 130 valence electrons. The minimum atomic E-state index is -3.47. The van der Waals surface area contributed by atoms with Gasteiger partial charge in [0.05, 0.1) is 9.79 Å². The Kier molecular flexibility index (Phi) is 2.66. The van der Waals surface area contributed by atoms with Crippen molar-refractivity contribution in [3.63, 3.8) is 0 Å². The topological polar surface area (TPSA) is 39.1 Å². The summed E-state index contributed by atoms with van der Waals surface area (Å²) in [5, 5.41) is 4.45. The van der Waals surface area contributed by atoms with E-state index in [4.69, 9.17) is 0 Å². The van der Waals surface area contributed by atoms with Gasteiger partial charge in [0.15, 0.2) is 0 Å². The van der Waals surface area contributed by atoms with Gasteiger partial charge in [-0.3, -0.25) is 0 Å². The fourth-order valence-corrected chi connectivity index (χ4v) is 6.16. The van der Waals surface area contributed by atoms with Crippen LogP contribution in [-0.2, 0) is 16.9 Å². The number of nitrogens with zero attached hydrogens (tertiary/aromatic N) is 1. The van der Waals surface area contributed by atoms with Gasteiger partial charge in [-0.05, 0) is 41.1 Å². The maximum absolute atomic E-state index is 13.1. The molecule has 1 aliphatic rings. The maximum Gasteiger partial charge on any atom is 0.207 e. The van der Waals surface area contributed by atoms with Crippen LogP contribution in [0, 0.1) is 0 Å². The van der Waals surface area contributed by atoms with Crippen LogP contribution in [0.25, 0.3) is 43.7 Å².